The first-order valence-electron chi connectivity index (χ1n) is 4.64. The summed E-state index contributed by atoms with van der Waals surface area (Å²) in [6.07, 6.45) is 2.09. The Hall–Kier alpha value is -1.62. The van der Waals surface area contributed by atoms with Gasteiger partial charge in [-0.05, 0) is 11.6 Å². The highest BCUT2D eigenvalue weighted by molar-refractivity contribution is 5.76. The molecule has 1 atom stereocenters. The van der Waals surface area contributed by atoms with E-state index in [4.69, 9.17) is 5.73 Å². The maximum atomic E-state index is 11.1. The number of pyridine rings is 1. The number of esters is 1. The first-order valence-corrected chi connectivity index (χ1v) is 4.64. The van der Waals surface area contributed by atoms with E-state index < -0.39 is 12.0 Å². The van der Waals surface area contributed by atoms with Gasteiger partial charge in [-0.25, -0.2) is 4.98 Å². The summed E-state index contributed by atoms with van der Waals surface area (Å²) in [6, 6.07) is 3.04. The number of carbonyl (C=O) groups is 1. The molecule has 0 aliphatic carbocycles. The van der Waals surface area contributed by atoms with Crippen LogP contribution in [-0.2, 0) is 16.0 Å². The van der Waals surface area contributed by atoms with Crippen LogP contribution in [0.5, 0.6) is 0 Å². The molecule has 0 aliphatic heterocycles. The summed E-state index contributed by atoms with van der Waals surface area (Å²) in [4.78, 5) is 15.2. The number of nitrogens with one attached hydrogen (secondary N) is 1. The lowest BCUT2D eigenvalue weighted by Crippen LogP contribution is -2.33. The molecule has 3 N–H and O–H groups in total. The van der Waals surface area contributed by atoms with Crippen molar-refractivity contribution in [3.63, 3.8) is 0 Å². The number of nitrogens with two attached hydrogens (primary N) is 1. The Morgan fingerprint density at radius 3 is 3.07 bits per heavy atom. The maximum Gasteiger partial charge on any atom is 0.322 e. The Morgan fingerprint density at radius 2 is 2.47 bits per heavy atom. The number of carbonyl (C=O) groups excluding carboxylic acids is 1. The average molecular weight is 209 g/mol. The molecule has 1 unspecified atom stereocenters. The predicted molar refractivity (Wildman–Crippen MR) is 57.5 cm³/mol. The van der Waals surface area contributed by atoms with E-state index in [-0.39, 0.29) is 0 Å². The van der Waals surface area contributed by atoms with Crippen LogP contribution in [0.4, 0.5) is 5.82 Å². The van der Waals surface area contributed by atoms with Gasteiger partial charge in [-0.1, -0.05) is 6.07 Å². The van der Waals surface area contributed by atoms with Crippen molar-refractivity contribution in [3.05, 3.63) is 23.9 Å². The molecule has 0 saturated heterocycles. The van der Waals surface area contributed by atoms with Gasteiger partial charge in [0.2, 0.25) is 0 Å². The normalized spacial score (nSPS) is 11.9. The van der Waals surface area contributed by atoms with Crippen molar-refractivity contribution in [1.29, 1.82) is 0 Å². The molecule has 0 spiro atoms. The van der Waals surface area contributed by atoms with Crippen LogP contribution in [0.1, 0.15) is 5.56 Å². The molecule has 0 bridgehead atoms. The van der Waals surface area contributed by atoms with Gasteiger partial charge in [0, 0.05) is 19.7 Å². The molecule has 1 aromatic rings. The summed E-state index contributed by atoms with van der Waals surface area (Å²) in [5.74, 6) is 0.317. The number of hydrogen-bond acceptors (Lipinski definition) is 5. The summed E-state index contributed by atoms with van der Waals surface area (Å²) in [5, 5.41) is 2.94. The van der Waals surface area contributed by atoms with E-state index in [9.17, 15) is 4.79 Å². The third kappa shape index (κ3) is 2.92. The van der Waals surface area contributed by atoms with Gasteiger partial charge in [0.05, 0.1) is 7.11 Å². The highest BCUT2D eigenvalue weighted by atomic mass is 16.5. The van der Waals surface area contributed by atoms with Crippen molar-refractivity contribution in [3.8, 4) is 0 Å². The van der Waals surface area contributed by atoms with E-state index in [1.54, 1.807) is 19.3 Å². The van der Waals surface area contributed by atoms with Crippen molar-refractivity contribution in [2.24, 2.45) is 5.73 Å². The fourth-order valence-electron chi connectivity index (χ4n) is 1.30. The number of nitrogens with zero attached hydrogens (tertiary/aromatic N) is 1. The quantitative estimate of drug-likeness (QED) is 0.691. The minimum Gasteiger partial charge on any atom is -0.468 e. The van der Waals surface area contributed by atoms with Crippen LogP contribution < -0.4 is 11.1 Å². The third-order valence-corrected chi connectivity index (χ3v) is 2.07. The minimum atomic E-state index is -0.647. The maximum absolute atomic E-state index is 11.1. The molecule has 0 aromatic carbocycles. The van der Waals surface area contributed by atoms with Crippen LogP contribution in [0, 0.1) is 0 Å². The second kappa shape index (κ2) is 5.31. The van der Waals surface area contributed by atoms with E-state index in [0.717, 1.165) is 11.4 Å². The molecule has 0 aliphatic rings. The second-order valence-electron chi connectivity index (χ2n) is 3.09. The number of rotatable bonds is 4. The van der Waals surface area contributed by atoms with Crippen LogP contribution in [0.2, 0.25) is 0 Å². The Bertz CT molecular complexity index is 341. The van der Waals surface area contributed by atoms with E-state index >= 15 is 0 Å². The molecule has 0 fully saturated rings. The van der Waals surface area contributed by atoms with Crippen molar-refractivity contribution in [2.75, 3.05) is 19.5 Å². The van der Waals surface area contributed by atoms with Crippen molar-refractivity contribution in [1.82, 2.24) is 4.98 Å². The highest BCUT2D eigenvalue weighted by Crippen LogP contribution is 2.12. The standard InChI is InChI=1S/C10H15N3O2/c1-12-9-7(4-3-5-13-9)6-8(11)10(14)15-2/h3-5,8H,6,11H2,1-2H3,(H,12,13). The van der Waals surface area contributed by atoms with Crippen LogP contribution >= 0.6 is 0 Å². The predicted octanol–water partition coefficient (Wildman–Crippen LogP) is 0.166. The molecule has 15 heavy (non-hydrogen) atoms. The number of methoxy groups -OCH3 is 1. The molecule has 5 heteroatoms. The van der Waals surface area contributed by atoms with Crippen molar-refractivity contribution >= 4 is 11.8 Å². The van der Waals surface area contributed by atoms with Gasteiger partial charge in [-0.15, -0.1) is 0 Å². The van der Waals surface area contributed by atoms with Crippen LogP contribution in [0.3, 0.4) is 0 Å². The fraction of sp³-hybridized carbons (Fsp3) is 0.400. The summed E-state index contributed by atoms with van der Waals surface area (Å²) in [7, 11) is 3.10. The molecular formula is C10H15N3O2. The second-order valence-corrected chi connectivity index (χ2v) is 3.09. The Balaban J connectivity index is 2.75. The number of hydrogen-bond donors (Lipinski definition) is 2. The van der Waals surface area contributed by atoms with Gasteiger partial charge in [0.25, 0.3) is 0 Å². The van der Waals surface area contributed by atoms with Gasteiger partial charge in [0.15, 0.2) is 0 Å². The van der Waals surface area contributed by atoms with Crippen molar-refractivity contribution < 1.29 is 9.53 Å². The monoisotopic (exact) mass is 209 g/mol. The zero-order chi connectivity index (χ0) is 11.3. The zero-order valence-electron chi connectivity index (χ0n) is 8.86. The average Bonchev–Trinajstić information content (AvgIpc) is 2.28. The first kappa shape index (κ1) is 11.5. The van der Waals surface area contributed by atoms with E-state index in [0.29, 0.717) is 6.42 Å². The van der Waals surface area contributed by atoms with Gasteiger partial charge in [-0.2, -0.15) is 0 Å². The Labute approximate surface area is 88.6 Å². The summed E-state index contributed by atoms with van der Waals surface area (Å²) in [6.45, 7) is 0. The topological polar surface area (TPSA) is 77.2 Å². The lowest BCUT2D eigenvalue weighted by Gasteiger charge is -2.11. The van der Waals surface area contributed by atoms with E-state index in [1.165, 1.54) is 7.11 Å². The SMILES string of the molecule is CNc1ncccc1CC(N)C(=O)OC. The zero-order valence-corrected chi connectivity index (χ0v) is 8.86. The number of anilines is 1. The minimum absolute atomic E-state index is 0.413. The molecule has 82 valence electrons. The number of aromatic nitrogens is 1. The fourth-order valence-corrected chi connectivity index (χ4v) is 1.30. The third-order valence-electron chi connectivity index (χ3n) is 2.07. The van der Waals surface area contributed by atoms with Gasteiger partial charge in [0.1, 0.15) is 11.9 Å². The van der Waals surface area contributed by atoms with E-state index in [1.807, 2.05) is 6.07 Å². The lowest BCUT2D eigenvalue weighted by atomic mass is 10.1. The van der Waals surface area contributed by atoms with E-state index in [2.05, 4.69) is 15.0 Å². The van der Waals surface area contributed by atoms with Gasteiger partial charge in [-0.3, -0.25) is 4.79 Å². The molecule has 0 radical (unpaired) electrons. The summed E-state index contributed by atoms with van der Waals surface area (Å²) in [5.41, 5.74) is 6.55. The summed E-state index contributed by atoms with van der Waals surface area (Å²) >= 11 is 0. The molecular weight excluding hydrogens is 194 g/mol. The van der Waals surface area contributed by atoms with Crippen molar-refractivity contribution in [2.45, 2.75) is 12.5 Å². The Morgan fingerprint density at radius 1 is 1.73 bits per heavy atom. The van der Waals surface area contributed by atoms with Gasteiger partial charge < -0.3 is 15.8 Å². The summed E-state index contributed by atoms with van der Waals surface area (Å²) < 4.78 is 4.55. The molecule has 1 aromatic heterocycles. The Kier molecular flexibility index (Phi) is 4.05. The molecule has 0 amide bonds. The van der Waals surface area contributed by atoms with Crippen LogP contribution in [0.25, 0.3) is 0 Å². The molecule has 0 saturated carbocycles. The largest absolute Gasteiger partial charge is 0.468 e. The molecule has 1 rings (SSSR count). The van der Waals surface area contributed by atoms with Gasteiger partial charge >= 0.3 is 5.97 Å². The lowest BCUT2D eigenvalue weighted by molar-refractivity contribution is -0.142. The molecule has 1 heterocycles. The highest BCUT2D eigenvalue weighted by Gasteiger charge is 2.15. The number of ether oxygens (including phenoxy) is 1. The smallest absolute Gasteiger partial charge is 0.322 e. The first-order chi connectivity index (χ1) is 7.19. The van der Waals surface area contributed by atoms with Crippen LogP contribution in [0.15, 0.2) is 18.3 Å². The molecule has 5 nitrogen and oxygen atoms in total. The van der Waals surface area contributed by atoms with Crippen LogP contribution in [-0.4, -0.2) is 31.2 Å².